The van der Waals surface area contributed by atoms with Crippen molar-refractivity contribution in [3.05, 3.63) is 70.8 Å². The number of hydrogen-bond donors (Lipinski definition) is 1. The Bertz CT molecular complexity index is 787. The zero-order valence-electron chi connectivity index (χ0n) is 13.3. The first kappa shape index (κ1) is 15.5. The van der Waals surface area contributed by atoms with Gasteiger partial charge in [-0.25, -0.2) is 0 Å². The first-order valence-corrected chi connectivity index (χ1v) is 9.21. The summed E-state index contributed by atoms with van der Waals surface area (Å²) in [7, 11) is 0. The van der Waals surface area contributed by atoms with Crippen molar-refractivity contribution < 1.29 is 9.59 Å². The predicted molar refractivity (Wildman–Crippen MR) is 96.1 cm³/mol. The van der Waals surface area contributed by atoms with E-state index in [0.717, 1.165) is 36.6 Å². The number of nitrogens with one attached hydrogen (secondary N) is 1. The Labute approximate surface area is 145 Å². The van der Waals surface area contributed by atoms with Gasteiger partial charge in [-0.05, 0) is 53.9 Å². The van der Waals surface area contributed by atoms with Crippen LogP contribution in [0.25, 0.3) is 0 Å². The number of rotatable bonds is 4. The fourth-order valence-corrected chi connectivity index (χ4v) is 4.58. The topological polar surface area (TPSA) is 46.2 Å². The second kappa shape index (κ2) is 6.44. The third-order valence-electron chi connectivity index (χ3n) is 4.84. The second-order valence-corrected chi connectivity index (χ2v) is 7.83. The molecule has 1 fully saturated rings. The van der Waals surface area contributed by atoms with Crippen molar-refractivity contribution >= 4 is 22.9 Å². The molecule has 0 radical (unpaired) electrons. The van der Waals surface area contributed by atoms with E-state index in [1.165, 1.54) is 16.7 Å². The Morgan fingerprint density at radius 3 is 2.46 bits per heavy atom. The van der Waals surface area contributed by atoms with Crippen LogP contribution in [0.1, 0.15) is 22.3 Å². The molecule has 0 aromatic heterocycles. The van der Waals surface area contributed by atoms with Crippen molar-refractivity contribution in [3.8, 4) is 0 Å². The number of carbonyl (C=O) groups is 2. The quantitative estimate of drug-likeness (QED) is 0.928. The molecule has 2 aliphatic rings. The van der Waals surface area contributed by atoms with E-state index in [1.807, 2.05) is 0 Å². The third kappa shape index (κ3) is 3.24. The Balaban J connectivity index is 1.43. The fourth-order valence-electron chi connectivity index (χ4n) is 3.72. The average Bonchev–Trinajstić information content (AvgIpc) is 3.10. The van der Waals surface area contributed by atoms with Crippen LogP contribution in [0.4, 0.5) is 4.79 Å². The SMILES string of the molecule is O=C1NC(=O)C(Cc2ccc3c(c2)CC(Cc2ccccc2)C3)S1. The molecule has 1 aliphatic carbocycles. The normalized spacial score (nSPS) is 22.5. The highest BCUT2D eigenvalue weighted by Crippen LogP contribution is 2.31. The molecule has 122 valence electrons. The molecule has 3 nitrogen and oxygen atoms in total. The van der Waals surface area contributed by atoms with Gasteiger partial charge in [0.25, 0.3) is 5.24 Å². The summed E-state index contributed by atoms with van der Waals surface area (Å²) in [6, 6.07) is 17.2. The average molecular weight is 337 g/mol. The predicted octanol–water partition coefficient (Wildman–Crippen LogP) is 3.54. The minimum absolute atomic E-state index is 0.160. The molecular formula is C20H19NO2S. The lowest BCUT2D eigenvalue weighted by Gasteiger charge is -2.08. The molecule has 2 aromatic rings. The zero-order chi connectivity index (χ0) is 16.5. The van der Waals surface area contributed by atoms with Crippen LogP contribution < -0.4 is 5.32 Å². The Morgan fingerprint density at radius 2 is 1.71 bits per heavy atom. The van der Waals surface area contributed by atoms with E-state index in [1.54, 1.807) is 0 Å². The molecule has 4 rings (SSSR count). The first-order chi connectivity index (χ1) is 11.7. The van der Waals surface area contributed by atoms with Crippen LogP contribution in [0.2, 0.25) is 0 Å². The highest BCUT2D eigenvalue weighted by molar-refractivity contribution is 8.15. The number of hydrogen-bond acceptors (Lipinski definition) is 3. The summed E-state index contributed by atoms with van der Waals surface area (Å²) in [5, 5.41) is 1.85. The van der Waals surface area contributed by atoms with Gasteiger partial charge in [-0.3, -0.25) is 14.9 Å². The lowest BCUT2D eigenvalue weighted by atomic mass is 9.97. The maximum atomic E-state index is 11.7. The molecule has 2 aromatic carbocycles. The molecule has 0 spiro atoms. The molecule has 24 heavy (non-hydrogen) atoms. The van der Waals surface area contributed by atoms with Crippen molar-refractivity contribution in [1.82, 2.24) is 5.32 Å². The van der Waals surface area contributed by atoms with E-state index in [2.05, 4.69) is 53.8 Å². The summed E-state index contributed by atoms with van der Waals surface area (Å²) in [6.07, 6.45) is 3.96. The maximum absolute atomic E-state index is 11.7. The lowest BCUT2D eigenvalue weighted by molar-refractivity contribution is -0.118. The van der Waals surface area contributed by atoms with E-state index in [0.29, 0.717) is 12.3 Å². The molecule has 1 N–H and O–H groups in total. The fraction of sp³-hybridized carbons (Fsp3) is 0.300. The van der Waals surface area contributed by atoms with Gasteiger partial charge in [0.05, 0.1) is 5.25 Å². The highest BCUT2D eigenvalue weighted by Gasteiger charge is 2.32. The molecular weight excluding hydrogens is 318 g/mol. The third-order valence-corrected chi connectivity index (χ3v) is 5.82. The molecule has 1 heterocycles. The van der Waals surface area contributed by atoms with E-state index in [9.17, 15) is 9.59 Å². The first-order valence-electron chi connectivity index (χ1n) is 8.33. The highest BCUT2D eigenvalue weighted by atomic mass is 32.2. The molecule has 0 bridgehead atoms. The van der Waals surface area contributed by atoms with Gasteiger partial charge in [0, 0.05) is 0 Å². The van der Waals surface area contributed by atoms with Gasteiger partial charge < -0.3 is 0 Å². The number of imide groups is 1. The number of benzene rings is 2. The summed E-state index contributed by atoms with van der Waals surface area (Å²) in [5.41, 5.74) is 5.38. The van der Waals surface area contributed by atoms with Gasteiger partial charge in [0.15, 0.2) is 0 Å². The summed E-state index contributed by atoms with van der Waals surface area (Å²) < 4.78 is 0. The van der Waals surface area contributed by atoms with E-state index >= 15 is 0 Å². The largest absolute Gasteiger partial charge is 0.286 e. The number of thioether (sulfide) groups is 1. The summed E-state index contributed by atoms with van der Waals surface area (Å²) in [4.78, 5) is 23.0. The molecule has 1 aliphatic heterocycles. The van der Waals surface area contributed by atoms with Crippen LogP contribution in [0, 0.1) is 5.92 Å². The van der Waals surface area contributed by atoms with Gasteiger partial charge in [0.2, 0.25) is 5.91 Å². The van der Waals surface area contributed by atoms with E-state index in [-0.39, 0.29) is 16.4 Å². The van der Waals surface area contributed by atoms with Gasteiger partial charge >= 0.3 is 0 Å². The molecule has 0 saturated carbocycles. The smallest absolute Gasteiger partial charge is 0.286 e. The molecule has 1 saturated heterocycles. The number of carbonyl (C=O) groups excluding carboxylic acids is 2. The Morgan fingerprint density at radius 1 is 0.917 bits per heavy atom. The van der Waals surface area contributed by atoms with Crippen LogP contribution in [-0.4, -0.2) is 16.4 Å². The van der Waals surface area contributed by atoms with Crippen LogP contribution in [0.5, 0.6) is 0 Å². The minimum Gasteiger partial charge on any atom is -0.286 e. The standard InChI is InChI=1S/C20H19NO2S/c22-19-18(24-20(23)21-19)12-14-6-7-16-10-15(11-17(16)9-14)8-13-4-2-1-3-5-13/h1-7,9,15,18H,8,10-12H2,(H,21,22,23). The summed E-state index contributed by atoms with van der Waals surface area (Å²) >= 11 is 1.10. The number of fused-ring (bicyclic) bond motifs is 1. The minimum atomic E-state index is -0.280. The van der Waals surface area contributed by atoms with Gasteiger partial charge in [0.1, 0.15) is 0 Å². The maximum Gasteiger partial charge on any atom is 0.286 e. The van der Waals surface area contributed by atoms with Crippen LogP contribution in [0.3, 0.4) is 0 Å². The van der Waals surface area contributed by atoms with Crippen molar-refractivity contribution in [1.29, 1.82) is 0 Å². The van der Waals surface area contributed by atoms with E-state index in [4.69, 9.17) is 0 Å². The Kier molecular flexibility index (Phi) is 4.15. The van der Waals surface area contributed by atoms with Crippen molar-refractivity contribution in [3.63, 3.8) is 0 Å². The summed E-state index contributed by atoms with van der Waals surface area (Å²) in [6.45, 7) is 0. The van der Waals surface area contributed by atoms with Gasteiger partial charge in [-0.1, -0.05) is 60.3 Å². The second-order valence-electron chi connectivity index (χ2n) is 6.65. The van der Waals surface area contributed by atoms with Crippen LogP contribution in [-0.2, 0) is 30.5 Å². The van der Waals surface area contributed by atoms with Crippen LogP contribution >= 0.6 is 11.8 Å². The number of amides is 2. The van der Waals surface area contributed by atoms with Crippen molar-refractivity contribution in [2.45, 2.75) is 30.9 Å². The Hall–Kier alpha value is -2.07. The molecule has 2 atom stereocenters. The van der Waals surface area contributed by atoms with E-state index < -0.39 is 0 Å². The molecule has 4 heteroatoms. The lowest BCUT2D eigenvalue weighted by Crippen LogP contribution is -2.25. The molecule has 2 amide bonds. The molecule has 2 unspecified atom stereocenters. The zero-order valence-corrected chi connectivity index (χ0v) is 14.1. The monoisotopic (exact) mass is 337 g/mol. The van der Waals surface area contributed by atoms with Crippen molar-refractivity contribution in [2.24, 2.45) is 5.92 Å². The van der Waals surface area contributed by atoms with Gasteiger partial charge in [-0.2, -0.15) is 0 Å². The van der Waals surface area contributed by atoms with Crippen LogP contribution in [0.15, 0.2) is 48.5 Å². The van der Waals surface area contributed by atoms with Gasteiger partial charge in [-0.15, -0.1) is 0 Å². The summed E-state index contributed by atoms with van der Waals surface area (Å²) in [5.74, 6) is 0.496. The van der Waals surface area contributed by atoms with Crippen molar-refractivity contribution in [2.75, 3.05) is 0 Å².